The first-order chi connectivity index (χ1) is 5.65. The maximum atomic E-state index is 7.22. The summed E-state index contributed by atoms with van der Waals surface area (Å²) in [5.41, 5.74) is 6.79. The molecule has 0 atom stereocenters. The Bertz CT molecular complexity index is 306. The second-order valence-corrected chi connectivity index (χ2v) is 2.49. The Morgan fingerprint density at radius 1 is 1.58 bits per heavy atom. The maximum Gasteiger partial charge on any atom is 0.125 e. The van der Waals surface area contributed by atoms with Crippen molar-refractivity contribution in [2.75, 3.05) is 12.4 Å². The van der Waals surface area contributed by atoms with Gasteiger partial charge >= 0.3 is 0 Å². The van der Waals surface area contributed by atoms with Crippen LogP contribution in [0.4, 0.5) is 5.82 Å². The Labute approximate surface area is 71.3 Å². The molecule has 4 heteroatoms. The number of hydrogen-bond acceptors (Lipinski definition) is 3. The summed E-state index contributed by atoms with van der Waals surface area (Å²) in [5.74, 6) is 0.847. The minimum atomic E-state index is 0.0580. The number of aryl methyl sites for hydroxylation is 1. The summed E-state index contributed by atoms with van der Waals surface area (Å²) in [5, 5.41) is 10.1. The number of nitrogen functional groups attached to an aromatic ring is 1. The molecule has 1 rings (SSSR count). The van der Waals surface area contributed by atoms with Gasteiger partial charge in [0.1, 0.15) is 11.7 Å². The van der Waals surface area contributed by atoms with Crippen molar-refractivity contribution in [2.45, 2.75) is 6.92 Å². The van der Waals surface area contributed by atoms with Gasteiger partial charge in [0.25, 0.3) is 0 Å². The van der Waals surface area contributed by atoms with Crippen molar-refractivity contribution in [3.63, 3.8) is 0 Å². The number of nitrogens with zero attached hydrogens (tertiary/aromatic N) is 1. The SMILES string of the molecule is CNc1ccc(C(=N)N)c(C)n1. The molecule has 0 bridgehead atoms. The molecule has 0 spiro atoms. The summed E-state index contributed by atoms with van der Waals surface area (Å²) >= 11 is 0. The van der Waals surface area contributed by atoms with E-state index in [4.69, 9.17) is 11.1 Å². The number of nitrogens with two attached hydrogens (primary N) is 1. The normalized spacial score (nSPS) is 9.50. The third kappa shape index (κ3) is 1.53. The van der Waals surface area contributed by atoms with E-state index in [1.54, 1.807) is 19.2 Å². The molecule has 1 heterocycles. The minimum absolute atomic E-state index is 0.0580. The van der Waals surface area contributed by atoms with Gasteiger partial charge in [-0.2, -0.15) is 0 Å². The molecule has 0 aromatic carbocycles. The van der Waals surface area contributed by atoms with E-state index in [0.29, 0.717) is 5.56 Å². The monoisotopic (exact) mass is 164 g/mol. The van der Waals surface area contributed by atoms with Gasteiger partial charge in [0.05, 0.1) is 5.69 Å². The molecule has 12 heavy (non-hydrogen) atoms. The quantitative estimate of drug-likeness (QED) is 0.445. The summed E-state index contributed by atoms with van der Waals surface area (Å²) in [4.78, 5) is 4.18. The van der Waals surface area contributed by atoms with Gasteiger partial charge in [-0.05, 0) is 19.1 Å². The Morgan fingerprint density at radius 2 is 2.25 bits per heavy atom. The molecule has 64 valence electrons. The van der Waals surface area contributed by atoms with Crippen LogP contribution >= 0.6 is 0 Å². The third-order valence-electron chi connectivity index (χ3n) is 1.63. The fraction of sp³-hybridized carbons (Fsp3) is 0.250. The van der Waals surface area contributed by atoms with Crippen molar-refractivity contribution in [3.8, 4) is 0 Å². The zero-order valence-electron chi connectivity index (χ0n) is 7.18. The van der Waals surface area contributed by atoms with Gasteiger partial charge in [-0.3, -0.25) is 5.41 Å². The zero-order valence-corrected chi connectivity index (χ0v) is 7.18. The molecule has 0 aliphatic carbocycles. The number of pyridine rings is 1. The average Bonchev–Trinajstić information content (AvgIpc) is 2.03. The lowest BCUT2D eigenvalue weighted by Gasteiger charge is -2.04. The molecular weight excluding hydrogens is 152 g/mol. The highest BCUT2D eigenvalue weighted by Gasteiger charge is 2.02. The van der Waals surface area contributed by atoms with E-state index in [0.717, 1.165) is 11.5 Å². The van der Waals surface area contributed by atoms with Gasteiger partial charge in [-0.1, -0.05) is 0 Å². The van der Waals surface area contributed by atoms with Gasteiger partial charge in [0.2, 0.25) is 0 Å². The highest BCUT2D eigenvalue weighted by Crippen LogP contribution is 2.08. The molecule has 0 unspecified atom stereocenters. The second-order valence-electron chi connectivity index (χ2n) is 2.49. The lowest BCUT2D eigenvalue weighted by atomic mass is 10.2. The lowest BCUT2D eigenvalue weighted by Crippen LogP contribution is -2.13. The highest BCUT2D eigenvalue weighted by molar-refractivity contribution is 5.96. The molecule has 0 saturated carbocycles. The third-order valence-corrected chi connectivity index (χ3v) is 1.63. The smallest absolute Gasteiger partial charge is 0.125 e. The Balaban J connectivity index is 3.12. The van der Waals surface area contributed by atoms with Crippen LogP contribution in [0.2, 0.25) is 0 Å². The predicted molar refractivity (Wildman–Crippen MR) is 49.5 cm³/mol. The topological polar surface area (TPSA) is 74.8 Å². The van der Waals surface area contributed by atoms with Crippen LogP contribution in [0.3, 0.4) is 0 Å². The molecule has 0 aliphatic rings. The number of anilines is 1. The number of rotatable bonds is 2. The summed E-state index contributed by atoms with van der Waals surface area (Å²) in [6.45, 7) is 1.83. The summed E-state index contributed by atoms with van der Waals surface area (Å²) in [6, 6.07) is 3.58. The van der Waals surface area contributed by atoms with Gasteiger partial charge in [0, 0.05) is 12.6 Å². The molecule has 1 aromatic rings. The number of aromatic nitrogens is 1. The number of amidine groups is 1. The molecule has 0 saturated heterocycles. The van der Waals surface area contributed by atoms with E-state index >= 15 is 0 Å². The molecule has 0 aliphatic heterocycles. The Hall–Kier alpha value is -1.58. The fourth-order valence-corrected chi connectivity index (χ4v) is 0.985. The van der Waals surface area contributed by atoms with Crippen molar-refractivity contribution in [2.24, 2.45) is 5.73 Å². The molecular formula is C8H12N4. The second kappa shape index (κ2) is 3.21. The van der Waals surface area contributed by atoms with Gasteiger partial charge in [-0.25, -0.2) is 4.98 Å². The number of nitrogens with one attached hydrogen (secondary N) is 2. The van der Waals surface area contributed by atoms with Crippen LogP contribution in [0.5, 0.6) is 0 Å². The maximum absolute atomic E-state index is 7.22. The summed E-state index contributed by atoms with van der Waals surface area (Å²) < 4.78 is 0. The van der Waals surface area contributed by atoms with Crippen LogP contribution in [0.15, 0.2) is 12.1 Å². The van der Waals surface area contributed by atoms with E-state index in [-0.39, 0.29) is 5.84 Å². The van der Waals surface area contributed by atoms with E-state index < -0.39 is 0 Å². The van der Waals surface area contributed by atoms with Crippen molar-refractivity contribution < 1.29 is 0 Å². The van der Waals surface area contributed by atoms with E-state index in [9.17, 15) is 0 Å². The number of hydrogen-bond donors (Lipinski definition) is 3. The molecule has 0 fully saturated rings. The van der Waals surface area contributed by atoms with Crippen molar-refractivity contribution in [1.29, 1.82) is 5.41 Å². The van der Waals surface area contributed by atoms with Crippen LogP contribution in [0, 0.1) is 12.3 Å². The van der Waals surface area contributed by atoms with E-state index in [1.165, 1.54) is 0 Å². The molecule has 0 amide bonds. The molecule has 4 N–H and O–H groups in total. The minimum Gasteiger partial charge on any atom is -0.384 e. The van der Waals surface area contributed by atoms with Gasteiger partial charge < -0.3 is 11.1 Å². The van der Waals surface area contributed by atoms with E-state index in [2.05, 4.69) is 10.3 Å². The van der Waals surface area contributed by atoms with Crippen molar-refractivity contribution in [3.05, 3.63) is 23.4 Å². The lowest BCUT2D eigenvalue weighted by molar-refractivity contribution is 1.17. The first-order valence-corrected chi connectivity index (χ1v) is 3.65. The van der Waals surface area contributed by atoms with Gasteiger partial charge in [-0.15, -0.1) is 0 Å². The summed E-state index contributed by atoms with van der Waals surface area (Å²) in [7, 11) is 1.80. The molecule has 0 radical (unpaired) electrons. The van der Waals surface area contributed by atoms with Crippen LogP contribution in [0.1, 0.15) is 11.3 Å². The first kappa shape index (κ1) is 8.52. The highest BCUT2D eigenvalue weighted by atomic mass is 15.0. The van der Waals surface area contributed by atoms with Crippen LogP contribution < -0.4 is 11.1 Å². The predicted octanol–water partition coefficient (Wildman–Crippen LogP) is 0.716. The van der Waals surface area contributed by atoms with Crippen LogP contribution in [-0.2, 0) is 0 Å². The van der Waals surface area contributed by atoms with E-state index in [1.807, 2.05) is 6.92 Å². The fourth-order valence-electron chi connectivity index (χ4n) is 0.985. The molecule has 4 nitrogen and oxygen atoms in total. The molecule has 1 aromatic heterocycles. The zero-order chi connectivity index (χ0) is 9.14. The van der Waals surface area contributed by atoms with Crippen molar-refractivity contribution in [1.82, 2.24) is 4.98 Å². The van der Waals surface area contributed by atoms with Gasteiger partial charge in [0.15, 0.2) is 0 Å². The summed E-state index contributed by atoms with van der Waals surface area (Å²) in [6.07, 6.45) is 0. The Kier molecular flexibility index (Phi) is 2.28. The Morgan fingerprint density at radius 3 is 2.67 bits per heavy atom. The first-order valence-electron chi connectivity index (χ1n) is 3.65. The van der Waals surface area contributed by atoms with Crippen LogP contribution in [0.25, 0.3) is 0 Å². The van der Waals surface area contributed by atoms with Crippen molar-refractivity contribution >= 4 is 11.7 Å². The van der Waals surface area contributed by atoms with Crippen LogP contribution in [-0.4, -0.2) is 17.9 Å². The standard InChI is InChI=1S/C8H12N4/c1-5-6(8(9)10)3-4-7(11-2)12-5/h3-4H,1-2H3,(H3,9,10)(H,11,12). The largest absolute Gasteiger partial charge is 0.384 e. The average molecular weight is 164 g/mol.